The Morgan fingerprint density at radius 1 is 1.19 bits per heavy atom. The lowest BCUT2D eigenvalue weighted by Gasteiger charge is -2.46. The Hall–Kier alpha value is -2.63. The first-order valence-corrected chi connectivity index (χ1v) is 9.13. The average molecular weight is 352 g/mol. The summed E-state index contributed by atoms with van der Waals surface area (Å²) in [6.07, 6.45) is 0. The Kier molecular flexibility index (Phi) is 3.86. The van der Waals surface area contributed by atoms with Crippen LogP contribution >= 0.6 is 0 Å². The third-order valence-electron chi connectivity index (χ3n) is 5.47. The van der Waals surface area contributed by atoms with Gasteiger partial charge in [0.15, 0.2) is 0 Å². The number of para-hydroxylation sites is 1. The second-order valence-electron chi connectivity index (χ2n) is 7.57. The molecule has 0 saturated carbocycles. The predicted molar refractivity (Wildman–Crippen MR) is 98.1 cm³/mol. The number of rotatable bonds is 3. The van der Waals surface area contributed by atoms with Gasteiger partial charge in [0.25, 0.3) is 5.91 Å². The van der Waals surface area contributed by atoms with E-state index in [1.807, 2.05) is 42.2 Å². The van der Waals surface area contributed by atoms with Crippen LogP contribution in [-0.2, 0) is 4.79 Å². The molecule has 3 heterocycles. The highest BCUT2D eigenvalue weighted by Crippen LogP contribution is 2.43. The number of hydrogen-bond acceptors (Lipinski definition) is 3. The summed E-state index contributed by atoms with van der Waals surface area (Å²) in [5, 5.41) is 4.67. The van der Waals surface area contributed by atoms with Gasteiger partial charge in [-0.2, -0.15) is 5.10 Å². The van der Waals surface area contributed by atoms with Gasteiger partial charge in [-0.05, 0) is 25.0 Å². The van der Waals surface area contributed by atoms with E-state index in [9.17, 15) is 9.59 Å². The van der Waals surface area contributed by atoms with Gasteiger partial charge >= 0.3 is 0 Å². The van der Waals surface area contributed by atoms with Crippen molar-refractivity contribution in [2.75, 3.05) is 13.1 Å². The standard InChI is InChI=1S/C20H24N4O2/c1-12(2)18-17-13(3)21-24(15-8-6-5-7-9-15)19(17)20(26)23(18)16-10-22(11-16)14(4)25/h5-9,12,16,18H,10-11H2,1-4H3. The number of fused-ring (bicyclic) bond motifs is 1. The predicted octanol–water partition coefficient (Wildman–Crippen LogP) is 2.56. The molecule has 1 unspecified atom stereocenters. The zero-order valence-corrected chi connectivity index (χ0v) is 15.6. The lowest BCUT2D eigenvalue weighted by atomic mass is 9.94. The number of carbonyl (C=O) groups is 2. The summed E-state index contributed by atoms with van der Waals surface area (Å²) >= 11 is 0. The van der Waals surface area contributed by atoms with Crippen LogP contribution in [0.4, 0.5) is 0 Å². The molecule has 0 radical (unpaired) electrons. The van der Waals surface area contributed by atoms with Gasteiger partial charge in [0.2, 0.25) is 5.91 Å². The van der Waals surface area contributed by atoms with Gasteiger partial charge in [-0.15, -0.1) is 0 Å². The maximum Gasteiger partial charge on any atom is 0.273 e. The second kappa shape index (κ2) is 5.97. The van der Waals surface area contributed by atoms with E-state index in [-0.39, 0.29) is 29.8 Å². The first-order chi connectivity index (χ1) is 12.4. The SMILES string of the molecule is CC(=O)N1CC(N2C(=O)c3c(c(C)nn3-c3ccccc3)C2C(C)C)C1. The second-order valence-corrected chi connectivity index (χ2v) is 7.57. The van der Waals surface area contributed by atoms with Gasteiger partial charge in [-0.25, -0.2) is 4.68 Å². The molecule has 0 N–H and O–H groups in total. The summed E-state index contributed by atoms with van der Waals surface area (Å²) in [6.45, 7) is 9.07. The fraction of sp³-hybridized carbons (Fsp3) is 0.450. The highest BCUT2D eigenvalue weighted by Gasteiger charge is 2.49. The molecule has 26 heavy (non-hydrogen) atoms. The van der Waals surface area contributed by atoms with Crippen molar-refractivity contribution >= 4 is 11.8 Å². The van der Waals surface area contributed by atoms with Crippen molar-refractivity contribution in [3.05, 3.63) is 47.3 Å². The molecule has 2 aromatic rings. The fourth-order valence-electron chi connectivity index (χ4n) is 4.18. The van der Waals surface area contributed by atoms with Crippen molar-refractivity contribution in [1.29, 1.82) is 0 Å². The van der Waals surface area contributed by atoms with Gasteiger partial charge in [-0.3, -0.25) is 9.59 Å². The molecule has 6 nitrogen and oxygen atoms in total. The van der Waals surface area contributed by atoms with Crippen molar-refractivity contribution in [3.63, 3.8) is 0 Å². The van der Waals surface area contributed by atoms with Crippen molar-refractivity contribution in [1.82, 2.24) is 19.6 Å². The molecule has 0 bridgehead atoms. The minimum Gasteiger partial charge on any atom is -0.339 e. The Bertz CT molecular complexity index is 865. The smallest absolute Gasteiger partial charge is 0.273 e. The molecule has 1 aromatic carbocycles. The monoisotopic (exact) mass is 352 g/mol. The van der Waals surface area contributed by atoms with Gasteiger partial charge in [0.05, 0.1) is 23.5 Å². The van der Waals surface area contributed by atoms with E-state index < -0.39 is 0 Å². The number of carbonyl (C=O) groups excluding carboxylic acids is 2. The number of benzene rings is 1. The minimum absolute atomic E-state index is 0.00840. The molecule has 1 aromatic heterocycles. The number of aryl methyl sites for hydroxylation is 1. The lowest BCUT2D eigenvalue weighted by molar-refractivity contribution is -0.136. The van der Waals surface area contributed by atoms with Crippen LogP contribution in [0.1, 0.15) is 48.6 Å². The van der Waals surface area contributed by atoms with Crippen molar-refractivity contribution < 1.29 is 9.59 Å². The van der Waals surface area contributed by atoms with Crippen LogP contribution in [-0.4, -0.2) is 50.5 Å². The van der Waals surface area contributed by atoms with E-state index in [0.717, 1.165) is 16.9 Å². The van der Waals surface area contributed by atoms with Crippen LogP contribution in [0, 0.1) is 12.8 Å². The van der Waals surface area contributed by atoms with Gasteiger partial charge in [0.1, 0.15) is 5.69 Å². The highest BCUT2D eigenvalue weighted by atomic mass is 16.2. The van der Waals surface area contributed by atoms with Crippen molar-refractivity contribution in [3.8, 4) is 5.69 Å². The molecule has 6 heteroatoms. The Labute approximate surface area is 153 Å². The van der Waals surface area contributed by atoms with E-state index >= 15 is 0 Å². The zero-order chi connectivity index (χ0) is 18.6. The summed E-state index contributed by atoms with van der Waals surface area (Å²) in [5.74, 6) is 0.369. The average Bonchev–Trinajstić information content (AvgIpc) is 3.04. The normalized spacial score (nSPS) is 19.9. The Morgan fingerprint density at radius 3 is 2.42 bits per heavy atom. The summed E-state index contributed by atoms with van der Waals surface area (Å²) in [6, 6.07) is 9.88. The fourth-order valence-corrected chi connectivity index (χ4v) is 4.18. The van der Waals surface area contributed by atoms with Crippen LogP contribution in [0.3, 0.4) is 0 Å². The number of hydrogen-bond donors (Lipinski definition) is 0. The van der Waals surface area contributed by atoms with Crippen LogP contribution in [0.5, 0.6) is 0 Å². The van der Waals surface area contributed by atoms with Gasteiger partial charge in [-0.1, -0.05) is 32.0 Å². The Balaban J connectivity index is 1.76. The summed E-state index contributed by atoms with van der Waals surface area (Å²) in [7, 11) is 0. The molecule has 0 aliphatic carbocycles. The molecule has 136 valence electrons. The molecular formula is C20H24N4O2. The lowest BCUT2D eigenvalue weighted by Crippen LogP contribution is -2.61. The van der Waals surface area contributed by atoms with E-state index in [0.29, 0.717) is 18.8 Å². The van der Waals surface area contributed by atoms with Crippen LogP contribution in [0.25, 0.3) is 5.69 Å². The highest BCUT2D eigenvalue weighted by molar-refractivity contribution is 5.99. The Morgan fingerprint density at radius 2 is 1.85 bits per heavy atom. The molecule has 1 fully saturated rings. The van der Waals surface area contributed by atoms with Crippen molar-refractivity contribution in [2.45, 2.75) is 39.8 Å². The molecule has 2 aliphatic heterocycles. The molecule has 2 aliphatic rings. The number of amides is 2. The van der Waals surface area contributed by atoms with Crippen molar-refractivity contribution in [2.24, 2.45) is 5.92 Å². The topological polar surface area (TPSA) is 58.4 Å². The molecule has 1 atom stereocenters. The summed E-state index contributed by atoms with van der Waals surface area (Å²) in [4.78, 5) is 28.7. The minimum atomic E-state index is 0.00840. The molecule has 4 rings (SSSR count). The van der Waals surface area contributed by atoms with Crippen LogP contribution in [0.15, 0.2) is 30.3 Å². The summed E-state index contributed by atoms with van der Waals surface area (Å²) < 4.78 is 1.78. The molecule has 0 spiro atoms. The third-order valence-corrected chi connectivity index (χ3v) is 5.47. The number of aromatic nitrogens is 2. The van der Waals surface area contributed by atoms with E-state index in [2.05, 4.69) is 18.9 Å². The van der Waals surface area contributed by atoms with Crippen LogP contribution in [0.2, 0.25) is 0 Å². The van der Waals surface area contributed by atoms with Gasteiger partial charge in [0, 0.05) is 25.6 Å². The third kappa shape index (κ3) is 2.35. The molecule has 2 amide bonds. The zero-order valence-electron chi connectivity index (χ0n) is 15.6. The number of nitrogens with zero attached hydrogens (tertiary/aromatic N) is 4. The maximum absolute atomic E-state index is 13.4. The first kappa shape index (κ1) is 16.8. The van der Waals surface area contributed by atoms with Gasteiger partial charge < -0.3 is 9.80 Å². The number of likely N-dealkylation sites (tertiary alicyclic amines) is 1. The largest absolute Gasteiger partial charge is 0.339 e. The quantitative estimate of drug-likeness (QED) is 0.853. The molecule has 1 saturated heterocycles. The van der Waals surface area contributed by atoms with E-state index in [1.54, 1.807) is 16.5 Å². The van der Waals surface area contributed by atoms with E-state index in [4.69, 9.17) is 0 Å². The van der Waals surface area contributed by atoms with E-state index in [1.165, 1.54) is 0 Å². The summed E-state index contributed by atoms with van der Waals surface area (Å²) in [5.41, 5.74) is 3.51. The molecular weight excluding hydrogens is 328 g/mol. The maximum atomic E-state index is 13.4. The first-order valence-electron chi connectivity index (χ1n) is 9.13. The van der Waals surface area contributed by atoms with Crippen LogP contribution < -0.4 is 0 Å².